The maximum Gasteiger partial charge on any atom is 0.219 e. The van der Waals surface area contributed by atoms with E-state index in [9.17, 15) is 0 Å². The first-order valence-electron chi connectivity index (χ1n) is 5.74. The Morgan fingerprint density at radius 3 is 2.89 bits per heavy atom. The summed E-state index contributed by atoms with van der Waals surface area (Å²) in [4.78, 5) is 4.06. The molecule has 0 bridgehead atoms. The van der Waals surface area contributed by atoms with E-state index < -0.39 is 0 Å². The Hall–Kier alpha value is -1.62. The largest absolute Gasteiger partial charge is 0.439 e. The maximum atomic E-state index is 9.14. The van der Waals surface area contributed by atoms with Gasteiger partial charge in [0.05, 0.1) is 18.2 Å². The maximum absolute atomic E-state index is 9.14. The number of nitrogens with zero attached hydrogens (tertiary/aromatic N) is 1. The zero-order valence-corrected chi connectivity index (χ0v) is 11.2. The van der Waals surface area contributed by atoms with Gasteiger partial charge in [0.2, 0.25) is 5.88 Å². The molecule has 2 aromatic rings. The standard InChI is InChI=1S/C14H14ClNO3/c1-18-9-10-3-2-4-12(5-10)19-14-6-11(8-17)13(15)7-16-14/h2-7,17H,8-9H2,1H3. The third-order valence-corrected chi connectivity index (χ3v) is 2.85. The SMILES string of the molecule is COCc1cccc(Oc2cc(CO)c(Cl)cn2)c1. The first kappa shape index (κ1) is 13.8. The Labute approximate surface area is 116 Å². The highest BCUT2D eigenvalue weighted by atomic mass is 35.5. The number of aromatic nitrogens is 1. The molecule has 4 nitrogen and oxygen atoms in total. The van der Waals surface area contributed by atoms with Crippen LogP contribution in [0.5, 0.6) is 11.6 Å². The highest BCUT2D eigenvalue weighted by Crippen LogP contribution is 2.24. The van der Waals surface area contributed by atoms with Crippen molar-refractivity contribution >= 4 is 11.6 Å². The van der Waals surface area contributed by atoms with Crippen LogP contribution in [0.25, 0.3) is 0 Å². The van der Waals surface area contributed by atoms with Gasteiger partial charge in [0.25, 0.3) is 0 Å². The number of rotatable bonds is 5. The molecule has 1 aromatic carbocycles. The molecule has 0 spiro atoms. The number of halogens is 1. The lowest BCUT2D eigenvalue weighted by Crippen LogP contribution is -1.93. The van der Waals surface area contributed by atoms with Crippen LogP contribution >= 0.6 is 11.6 Å². The van der Waals surface area contributed by atoms with E-state index in [1.165, 1.54) is 6.20 Å². The summed E-state index contributed by atoms with van der Waals surface area (Å²) in [5.41, 5.74) is 1.59. The predicted molar refractivity (Wildman–Crippen MR) is 72.4 cm³/mol. The lowest BCUT2D eigenvalue weighted by atomic mass is 10.2. The molecule has 0 aliphatic rings. The van der Waals surface area contributed by atoms with Crippen molar-refractivity contribution in [3.63, 3.8) is 0 Å². The zero-order chi connectivity index (χ0) is 13.7. The summed E-state index contributed by atoms with van der Waals surface area (Å²) in [5, 5.41) is 9.56. The van der Waals surface area contributed by atoms with E-state index in [1.807, 2.05) is 24.3 Å². The monoisotopic (exact) mass is 279 g/mol. The number of pyridine rings is 1. The summed E-state index contributed by atoms with van der Waals surface area (Å²) in [6.45, 7) is 0.370. The van der Waals surface area contributed by atoms with Crippen molar-refractivity contribution in [2.24, 2.45) is 0 Å². The van der Waals surface area contributed by atoms with E-state index in [2.05, 4.69) is 4.98 Å². The Bertz CT molecular complexity index is 560. The summed E-state index contributed by atoms with van der Waals surface area (Å²) in [6, 6.07) is 9.15. The molecule has 5 heteroatoms. The molecule has 19 heavy (non-hydrogen) atoms. The minimum Gasteiger partial charge on any atom is -0.439 e. The molecule has 0 unspecified atom stereocenters. The summed E-state index contributed by atoms with van der Waals surface area (Å²) in [6.07, 6.45) is 1.46. The smallest absolute Gasteiger partial charge is 0.219 e. The lowest BCUT2D eigenvalue weighted by Gasteiger charge is -2.08. The molecule has 2 rings (SSSR count). The Kier molecular flexibility index (Phi) is 4.74. The average molecular weight is 280 g/mol. The van der Waals surface area contributed by atoms with Crippen molar-refractivity contribution in [1.29, 1.82) is 0 Å². The van der Waals surface area contributed by atoms with E-state index in [0.29, 0.717) is 28.8 Å². The average Bonchev–Trinajstić information content (AvgIpc) is 2.42. The van der Waals surface area contributed by atoms with E-state index in [0.717, 1.165) is 5.56 Å². The van der Waals surface area contributed by atoms with Crippen LogP contribution in [0, 0.1) is 0 Å². The zero-order valence-electron chi connectivity index (χ0n) is 10.5. The molecular formula is C14H14ClNO3. The van der Waals surface area contributed by atoms with Crippen LogP contribution in [0.1, 0.15) is 11.1 Å². The van der Waals surface area contributed by atoms with Crippen molar-refractivity contribution in [3.05, 3.63) is 52.7 Å². The van der Waals surface area contributed by atoms with Gasteiger partial charge in [0, 0.05) is 24.9 Å². The van der Waals surface area contributed by atoms with Crippen LogP contribution in [-0.4, -0.2) is 17.2 Å². The topological polar surface area (TPSA) is 51.6 Å². The second-order valence-electron chi connectivity index (χ2n) is 3.95. The minimum atomic E-state index is -0.151. The Morgan fingerprint density at radius 1 is 1.32 bits per heavy atom. The molecule has 1 aromatic heterocycles. The summed E-state index contributed by atoms with van der Waals surface area (Å²) in [7, 11) is 1.64. The Morgan fingerprint density at radius 2 is 2.16 bits per heavy atom. The number of hydrogen-bond donors (Lipinski definition) is 1. The molecule has 1 heterocycles. The molecule has 0 saturated carbocycles. The molecule has 0 aliphatic heterocycles. The van der Waals surface area contributed by atoms with Gasteiger partial charge in [-0.25, -0.2) is 4.98 Å². The fraction of sp³-hybridized carbons (Fsp3) is 0.214. The second-order valence-corrected chi connectivity index (χ2v) is 4.36. The fourth-order valence-electron chi connectivity index (χ4n) is 1.62. The van der Waals surface area contributed by atoms with Crippen molar-refractivity contribution in [3.8, 4) is 11.6 Å². The first-order valence-corrected chi connectivity index (χ1v) is 6.11. The molecule has 0 radical (unpaired) electrons. The lowest BCUT2D eigenvalue weighted by molar-refractivity contribution is 0.184. The van der Waals surface area contributed by atoms with Crippen LogP contribution < -0.4 is 4.74 Å². The summed E-state index contributed by atoms with van der Waals surface area (Å²) >= 11 is 5.87. The van der Waals surface area contributed by atoms with Crippen molar-refractivity contribution in [2.75, 3.05) is 7.11 Å². The van der Waals surface area contributed by atoms with Crippen molar-refractivity contribution in [2.45, 2.75) is 13.2 Å². The Balaban J connectivity index is 2.18. The van der Waals surface area contributed by atoms with E-state index in [4.69, 9.17) is 26.2 Å². The number of ether oxygens (including phenoxy) is 2. The summed E-state index contributed by atoms with van der Waals surface area (Å²) in [5.74, 6) is 1.05. The van der Waals surface area contributed by atoms with Gasteiger partial charge in [-0.05, 0) is 17.7 Å². The van der Waals surface area contributed by atoms with Gasteiger partial charge in [-0.3, -0.25) is 0 Å². The highest BCUT2D eigenvalue weighted by Gasteiger charge is 2.05. The quantitative estimate of drug-likeness (QED) is 0.913. The first-order chi connectivity index (χ1) is 9.22. The van der Waals surface area contributed by atoms with Crippen molar-refractivity contribution < 1.29 is 14.6 Å². The van der Waals surface area contributed by atoms with Gasteiger partial charge in [-0.15, -0.1) is 0 Å². The van der Waals surface area contributed by atoms with Crippen LogP contribution in [0.3, 0.4) is 0 Å². The van der Waals surface area contributed by atoms with Crippen LogP contribution in [0.2, 0.25) is 5.02 Å². The van der Waals surface area contributed by atoms with E-state index in [1.54, 1.807) is 13.2 Å². The van der Waals surface area contributed by atoms with Gasteiger partial charge in [-0.1, -0.05) is 23.7 Å². The van der Waals surface area contributed by atoms with Crippen LogP contribution in [0.15, 0.2) is 36.5 Å². The molecular weight excluding hydrogens is 266 g/mol. The van der Waals surface area contributed by atoms with Gasteiger partial charge in [0.15, 0.2) is 0 Å². The van der Waals surface area contributed by atoms with E-state index >= 15 is 0 Å². The molecule has 0 saturated heterocycles. The minimum absolute atomic E-state index is 0.151. The predicted octanol–water partition coefficient (Wildman–Crippen LogP) is 3.17. The number of aliphatic hydroxyl groups excluding tert-OH is 1. The third kappa shape index (κ3) is 3.67. The van der Waals surface area contributed by atoms with E-state index in [-0.39, 0.29) is 6.61 Å². The number of benzene rings is 1. The molecule has 0 fully saturated rings. The number of hydrogen-bond acceptors (Lipinski definition) is 4. The molecule has 0 atom stereocenters. The number of methoxy groups -OCH3 is 1. The van der Waals surface area contributed by atoms with Gasteiger partial charge < -0.3 is 14.6 Å². The van der Waals surface area contributed by atoms with Crippen molar-refractivity contribution in [1.82, 2.24) is 4.98 Å². The highest BCUT2D eigenvalue weighted by molar-refractivity contribution is 6.31. The van der Waals surface area contributed by atoms with Gasteiger partial charge >= 0.3 is 0 Å². The third-order valence-electron chi connectivity index (χ3n) is 2.51. The molecule has 1 N–H and O–H groups in total. The molecule has 0 amide bonds. The second kappa shape index (κ2) is 6.52. The fourth-order valence-corrected chi connectivity index (χ4v) is 1.78. The van der Waals surface area contributed by atoms with Crippen LogP contribution in [-0.2, 0) is 18.0 Å². The van der Waals surface area contributed by atoms with Gasteiger partial charge in [-0.2, -0.15) is 0 Å². The molecule has 0 aliphatic carbocycles. The van der Waals surface area contributed by atoms with Crippen LogP contribution in [0.4, 0.5) is 0 Å². The molecule has 100 valence electrons. The normalized spacial score (nSPS) is 10.5. The van der Waals surface area contributed by atoms with Gasteiger partial charge in [0.1, 0.15) is 5.75 Å². The summed E-state index contributed by atoms with van der Waals surface area (Å²) < 4.78 is 10.7. The number of aliphatic hydroxyl groups is 1.